The Morgan fingerprint density at radius 1 is 1.23 bits per heavy atom. The molecule has 0 saturated heterocycles. The molecule has 0 spiro atoms. The predicted molar refractivity (Wildman–Crippen MR) is 123 cm³/mol. The van der Waals surface area contributed by atoms with Crippen LogP contribution in [0.1, 0.15) is 49.2 Å². The standard InChI is InChI=1S/C24H28N4O2S/c1-16-10-12-20(13-11-16)28-22(17(2)25-23(29)19-7-5-8-19)26-27-24(28)31-15-18-6-4-9-21(14-18)30-3/h4,6,9-14,17,19H,5,7-8,15H2,1-3H3,(H,25,29). The molecule has 1 saturated carbocycles. The summed E-state index contributed by atoms with van der Waals surface area (Å²) < 4.78 is 7.39. The van der Waals surface area contributed by atoms with Crippen LogP contribution in [0.15, 0.2) is 53.7 Å². The summed E-state index contributed by atoms with van der Waals surface area (Å²) in [6.45, 7) is 4.04. The van der Waals surface area contributed by atoms with Crippen molar-refractivity contribution >= 4 is 17.7 Å². The number of methoxy groups -OCH3 is 1. The first-order valence-electron chi connectivity index (χ1n) is 10.6. The number of amides is 1. The Bertz CT molecular complexity index is 1040. The van der Waals surface area contributed by atoms with Gasteiger partial charge in [-0.3, -0.25) is 9.36 Å². The van der Waals surface area contributed by atoms with E-state index < -0.39 is 0 Å². The van der Waals surface area contributed by atoms with Crippen LogP contribution in [0.3, 0.4) is 0 Å². The van der Waals surface area contributed by atoms with Crippen LogP contribution in [0.5, 0.6) is 5.75 Å². The van der Waals surface area contributed by atoms with Gasteiger partial charge in [-0.1, -0.05) is 48.0 Å². The average Bonchev–Trinajstić information content (AvgIpc) is 3.15. The van der Waals surface area contributed by atoms with Gasteiger partial charge >= 0.3 is 0 Å². The summed E-state index contributed by atoms with van der Waals surface area (Å²) in [4.78, 5) is 12.5. The summed E-state index contributed by atoms with van der Waals surface area (Å²) in [6, 6.07) is 16.1. The van der Waals surface area contributed by atoms with Crippen molar-refractivity contribution in [3.8, 4) is 11.4 Å². The number of nitrogens with one attached hydrogen (secondary N) is 1. The van der Waals surface area contributed by atoms with E-state index in [0.29, 0.717) is 0 Å². The molecule has 0 radical (unpaired) electrons. The molecule has 1 aromatic heterocycles. The van der Waals surface area contributed by atoms with Crippen molar-refractivity contribution in [1.29, 1.82) is 0 Å². The highest BCUT2D eigenvalue weighted by Gasteiger charge is 2.28. The summed E-state index contributed by atoms with van der Waals surface area (Å²) in [5, 5.41) is 12.9. The molecule has 7 heteroatoms. The van der Waals surface area contributed by atoms with E-state index in [-0.39, 0.29) is 17.9 Å². The minimum absolute atomic E-state index is 0.114. The van der Waals surface area contributed by atoms with Gasteiger partial charge in [-0.15, -0.1) is 10.2 Å². The van der Waals surface area contributed by atoms with Crippen LogP contribution in [0, 0.1) is 12.8 Å². The molecule has 1 heterocycles. The second kappa shape index (κ2) is 9.56. The second-order valence-corrected chi connectivity index (χ2v) is 8.95. The Labute approximate surface area is 187 Å². The zero-order valence-electron chi connectivity index (χ0n) is 18.2. The van der Waals surface area contributed by atoms with Gasteiger partial charge in [0.25, 0.3) is 0 Å². The molecule has 1 fully saturated rings. The Morgan fingerprint density at radius 2 is 2.00 bits per heavy atom. The van der Waals surface area contributed by atoms with Gasteiger partial charge in [-0.25, -0.2) is 0 Å². The first-order valence-corrected chi connectivity index (χ1v) is 11.6. The lowest BCUT2D eigenvalue weighted by atomic mass is 9.84. The summed E-state index contributed by atoms with van der Waals surface area (Å²) in [7, 11) is 1.67. The number of nitrogens with zero attached hydrogens (tertiary/aromatic N) is 3. The van der Waals surface area contributed by atoms with E-state index in [1.807, 2.05) is 25.1 Å². The Morgan fingerprint density at radius 3 is 2.68 bits per heavy atom. The number of hydrogen-bond acceptors (Lipinski definition) is 5. The number of aromatic nitrogens is 3. The van der Waals surface area contributed by atoms with Gasteiger partial charge in [0.2, 0.25) is 5.91 Å². The Kier molecular flexibility index (Phi) is 6.61. The summed E-state index contributed by atoms with van der Waals surface area (Å²) >= 11 is 1.62. The van der Waals surface area contributed by atoms with E-state index in [1.54, 1.807) is 18.9 Å². The fourth-order valence-electron chi connectivity index (χ4n) is 3.57. The quantitative estimate of drug-likeness (QED) is 0.511. The third kappa shape index (κ3) is 4.93. The first kappa shape index (κ1) is 21.4. The highest BCUT2D eigenvalue weighted by molar-refractivity contribution is 7.98. The molecular weight excluding hydrogens is 408 g/mol. The van der Waals surface area contributed by atoms with Gasteiger partial charge in [-0.05, 0) is 56.5 Å². The molecule has 1 atom stereocenters. The molecule has 4 rings (SSSR count). The molecule has 31 heavy (non-hydrogen) atoms. The normalized spacial score (nSPS) is 14.7. The van der Waals surface area contributed by atoms with Crippen LogP contribution in [-0.4, -0.2) is 27.8 Å². The number of hydrogen-bond donors (Lipinski definition) is 1. The maximum atomic E-state index is 12.5. The lowest BCUT2D eigenvalue weighted by molar-refractivity contribution is -0.128. The summed E-state index contributed by atoms with van der Waals surface area (Å²) in [5.74, 6) is 2.57. The zero-order chi connectivity index (χ0) is 21.8. The maximum absolute atomic E-state index is 12.5. The fourth-order valence-corrected chi connectivity index (χ4v) is 4.47. The topological polar surface area (TPSA) is 69.0 Å². The van der Waals surface area contributed by atoms with Crippen LogP contribution >= 0.6 is 11.8 Å². The number of aryl methyl sites for hydroxylation is 1. The number of benzene rings is 2. The van der Waals surface area contributed by atoms with Crippen molar-refractivity contribution in [2.75, 3.05) is 7.11 Å². The van der Waals surface area contributed by atoms with E-state index in [1.165, 1.54) is 5.56 Å². The molecule has 1 amide bonds. The van der Waals surface area contributed by atoms with Crippen LogP contribution in [0.4, 0.5) is 0 Å². The maximum Gasteiger partial charge on any atom is 0.223 e. The molecule has 6 nitrogen and oxygen atoms in total. The SMILES string of the molecule is COc1cccc(CSc2nnc(C(C)NC(=O)C3CCC3)n2-c2ccc(C)cc2)c1. The largest absolute Gasteiger partial charge is 0.497 e. The van der Waals surface area contributed by atoms with Crippen molar-refractivity contribution in [3.63, 3.8) is 0 Å². The lowest BCUT2D eigenvalue weighted by Crippen LogP contribution is -2.36. The Hall–Kier alpha value is -2.80. The van der Waals surface area contributed by atoms with Gasteiger partial charge in [0.1, 0.15) is 5.75 Å². The van der Waals surface area contributed by atoms with Crippen LogP contribution in [0.25, 0.3) is 5.69 Å². The van der Waals surface area contributed by atoms with Crippen LogP contribution < -0.4 is 10.1 Å². The predicted octanol–water partition coefficient (Wildman–Crippen LogP) is 4.85. The van der Waals surface area contributed by atoms with Crippen molar-refractivity contribution < 1.29 is 9.53 Å². The van der Waals surface area contributed by atoms with Crippen molar-refractivity contribution in [1.82, 2.24) is 20.1 Å². The van der Waals surface area contributed by atoms with Crippen molar-refractivity contribution in [2.24, 2.45) is 5.92 Å². The smallest absolute Gasteiger partial charge is 0.223 e. The average molecular weight is 437 g/mol. The number of carbonyl (C=O) groups is 1. The molecule has 1 aliphatic carbocycles. The number of rotatable bonds is 8. The van der Waals surface area contributed by atoms with E-state index >= 15 is 0 Å². The van der Waals surface area contributed by atoms with E-state index in [0.717, 1.165) is 53.0 Å². The second-order valence-electron chi connectivity index (χ2n) is 8.01. The third-order valence-corrected chi connectivity index (χ3v) is 6.67. The van der Waals surface area contributed by atoms with Gasteiger partial charge in [0.05, 0.1) is 13.2 Å². The van der Waals surface area contributed by atoms with Crippen LogP contribution in [0.2, 0.25) is 0 Å². The van der Waals surface area contributed by atoms with E-state index in [2.05, 4.69) is 57.3 Å². The highest BCUT2D eigenvalue weighted by atomic mass is 32.2. The molecule has 3 aromatic rings. The minimum Gasteiger partial charge on any atom is -0.497 e. The first-order chi connectivity index (χ1) is 15.0. The third-order valence-electron chi connectivity index (χ3n) is 5.67. The molecule has 1 N–H and O–H groups in total. The molecule has 0 bridgehead atoms. The zero-order valence-corrected chi connectivity index (χ0v) is 19.0. The van der Waals surface area contributed by atoms with E-state index in [4.69, 9.17) is 4.74 Å². The van der Waals surface area contributed by atoms with Gasteiger partial charge < -0.3 is 10.1 Å². The van der Waals surface area contributed by atoms with Crippen molar-refractivity contribution in [3.05, 3.63) is 65.5 Å². The molecule has 1 unspecified atom stereocenters. The molecule has 2 aromatic carbocycles. The summed E-state index contributed by atoms with van der Waals surface area (Å²) in [5.41, 5.74) is 3.33. The minimum atomic E-state index is -0.229. The number of carbonyl (C=O) groups excluding carboxylic acids is 1. The Balaban J connectivity index is 1.59. The number of thioether (sulfide) groups is 1. The molecule has 0 aliphatic heterocycles. The molecule has 162 valence electrons. The molecule has 1 aliphatic rings. The van der Waals surface area contributed by atoms with Crippen LogP contribution in [-0.2, 0) is 10.5 Å². The van der Waals surface area contributed by atoms with Gasteiger partial charge in [0, 0.05) is 17.4 Å². The van der Waals surface area contributed by atoms with E-state index in [9.17, 15) is 4.79 Å². The van der Waals surface area contributed by atoms with Gasteiger partial charge in [-0.2, -0.15) is 0 Å². The number of ether oxygens (including phenoxy) is 1. The fraction of sp³-hybridized carbons (Fsp3) is 0.375. The summed E-state index contributed by atoms with van der Waals surface area (Å²) in [6.07, 6.45) is 3.09. The lowest BCUT2D eigenvalue weighted by Gasteiger charge is -2.26. The van der Waals surface area contributed by atoms with Crippen molar-refractivity contribution in [2.45, 2.75) is 50.1 Å². The van der Waals surface area contributed by atoms with Gasteiger partial charge in [0.15, 0.2) is 11.0 Å². The highest BCUT2D eigenvalue weighted by Crippen LogP contribution is 2.30. The monoisotopic (exact) mass is 436 g/mol. The molecular formula is C24H28N4O2S.